The van der Waals surface area contributed by atoms with Crippen LogP contribution in [0.4, 0.5) is 11.6 Å². The highest BCUT2D eigenvalue weighted by Gasteiger charge is 1.92. The van der Waals surface area contributed by atoms with E-state index in [-0.39, 0.29) is 0 Å². The summed E-state index contributed by atoms with van der Waals surface area (Å²) < 4.78 is 0. The fourth-order valence-electron chi connectivity index (χ4n) is 0.847. The Balaban J connectivity index is 2.39. The lowest BCUT2D eigenvalue weighted by Gasteiger charge is -2.01. The number of nitrogens with two attached hydrogens (primary N) is 1. The number of hydrogen-bond acceptors (Lipinski definition) is 4. The van der Waals surface area contributed by atoms with Gasteiger partial charge in [-0.15, -0.1) is 11.8 Å². The first-order chi connectivity index (χ1) is 6.33. The molecule has 0 aliphatic carbocycles. The van der Waals surface area contributed by atoms with Crippen molar-refractivity contribution in [2.24, 2.45) is 0 Å². The second-order valence-corrected chi connectivity index (χ2v) is 2.43. The lowest BCUT2D eigenvalue weighted by atomic mass is 10.4. The largest absolute Gasteiger partial charge is 0.384 e. The van der Waals surface area contributed by atoms with Gasteiger partial charge in [-0.3, -0.25) is 0 Å². The molecule has 0 radical (unpaired) electrons. The summed E-state index contributed by atoms with van der Waals surface area (Å²) >= 11 is 0. The molecule has 0 saturated heterocycles. The molecule has 1 aromatic rings. The molecule has 0 bridgehead atoms. The van der Waals surface area contributed by atoms with Gasteiger partial charge >= 0.3 is 0 Å². The average molecular weight is 176 g/mol. The number of aromatic nitrogens is 2. The standard InChI is InChI=1S/C9H12N4/c1-2-3-4-5-11-9-6-8(10)12-7-13-9/h6-7H,4-5H2,1H3,(H3,10,11,12,13). The molecule has 1 heterocycles. The van der Waals surface area contributed by atoms with Gasteiger partial charge in [-0.1, -0.05) is 0 Å². The topological polar surface area (TPSA) is 63.8 Å². The molecule has 4 heteroatoms. The maximum Gasteiger partial charge on any atom is 0.131 e. The molecule has 0 aromatic carbocycles. The third kappa shape index (κ3) is 3.43. The molecular formula is C9H12N4. The van der Waals surface area contributed by atoms with E-state index in [0.29, 0.717) is 5.82 Å². The number of anilines is 2. The summed E-state index contributed by atoms with van der Waals surface area (Å²) in [5, 5.41) is 3.09. The Bertz CT molecular complexity index is 324. The van der Waals surface area contributed by atoms with Gasteiger partial charge in [0.1, 0.15) is 18.0 Å². The van der Waals surface area contributed by atoms with Crippen LogP contribution < -0.4 is 11.1 Å². The van der Waals surface area contributed by atoms with Gasteiger partial charge in [0.05, 0.1) is 0 Å². The fraction of sp³-hybridized carbons (Fsp3) is 0.333. The van der Waals surface area contributed by atoms with Crippen molar-refractivity contribution in [3.8, 4) is 11.8 Å². The molecule has 13 heavy (non-hydrogen) atoms. The summed E-state index contributed by atoms with van der Waals surface area (Å²) in [4.78, 5) is 7.77. The summed E-state index contributed by atoms with van der Waals surface area (Å²) in [7, 11) is 0. The molecule has 3 N–H and O–H groups in total. The highest BCUT2D eigenvalue weighted by molar-refractivity contribution is 5.43. The lowest BCUT2D eigenvalue weighted by Crippen LogP contribution is -2.03. The van der Waals surface area contributed by atoms with E-state index in [0.717, 1.165) is 18.8 Å². The quantitative estimate of drug-likeness (QED) is 0.530. The minimum Gasteiger partial charge on any atom is -0.384 e. The summed E-state index contributed by atoms with van der Waals surface area (Å²) in [6.45, 7) is 2.60. The molecule has 1 aromatic heterocycles. The fourth-order valence-corrected chi connectivity index (χ4v) is 0.847. The van der Waals surface area contributed by atoms with E-state index in [1.165, 1.54) is 6.33 Å². The van der Waals surface area contributed by atoms with Gasteiger partial charge < -0.3 is 11.1 Å². The van der Waals surface area contributed by atoms with Gasteiger partial charge in [0.25, 0.3) is 0 Å². The summed E-state index contributed by atoms with van der Waals surface area (Å²) in [6, 6.07) is 1.69. The first-order valence-electron chi connectivity index (χ1n) is 4.04. The van der Waals surface area contributed by atoms with Gasteiger partial charge in [0, 0.05) is 19.0 Å². The van der Waals surface area contributed by atoms with Crippen molar-refractivity contribution >= 4 is 11.6 Å². The van der Waals surface area contributed by atoms with Crippen LogP contribution in [-0.2, 0) is 0 Å². The van der Waals surface area contributed by atoms with Crippen LogP contribution in [-0.4, -0.2) is 16.5 Å². The zero-order chi connectivity index (χ0) is 9.52. The van der Waals surface area contributed by atoms with E-state index in [2.05, 4.69) is 27.1 Å². The number of hydrogen-bond donors (Lipinski definition) is 2. The smallest absolute Gasteiger partial charge is 0.131 e. The second-order valence-electron chi connectivity index (χ2n) is 2.43. The molecule has 0 aliphatic rings. The molecule has 0 atom stereocenters. The predicted molar refractivity (Wildman–Crippen MR) is 53.0 cm³/mol. The first kappa shape index (κ1) is 9.33. The molecule has 0 unspecified atom stereocenters. The monoisotopic (exact) mass is 176 g/mol. The number of nitrogen functional groups attached to an aromatic ring is 1. The van der Waals surface area contributed by atoms with Crippen LogP contribution in [0.2, 0.25) is 0 Å². The zero-order valence-corrected chi connectivity index (χ0v) is 7.54. The number of nitrogens with zero attached hydrogens (tertiary/aromatic N) is 2. The van der Waals surface area contributed by atoms with Crippen molar-refractivity contribution in [1.29, 1.82) is 0 Å². The van der Waals surface area contributed by atoms with E-state index in [1.807, 2.05) is 6.92 Å². The minimum atomic E-state index is 0.471. The van der Waals surface area contributed by atoms with Crippen molar-refractivity contribution in [1.82, 2.24) is 9.97 Å². The van der Waals surface area contributed by atoms with Gasteiger partial charge in [-0.2, -0.15) is 0 Å². The lowest BCUT2D eigenvalue weighted by molar-refractivity contribution is 1.06. The van der Waals surface area contributed by atoms with E-state index >= 15 is 0 Å². The van der Waals surface area contributed by atoms with Crippen molar-refractivity contribution in [3.63, 3.8) is 0 Å². The van der Waals surface area contributed by atoms with E-state index in [1.54, 1.807) is 6.07 Å². The van der Waals surface area contributed by atoms with Crippen LogP contribution in [0.3, 0.4) is 0 Å². The Morgan fingerprint density at radius 1 is 1.54 bits per heavy atom. The molecule has 0 amide bonds. The Labute approximate surface area is 77.6 Å². The Kier molecular flexibility index (Phi) is 3.58. The first-order valence-corrected chi connectivity index (χ1v) is 4.04. The molecular weight excluding hydrogens is 164 g/mol. The van der Waals surface area contributed by atoms with E-state index < -0.39 is 0 Å². The van der Waals surface area contributed by atoms with Crippen molar-refractivity contribution in [2.45, 2.75) is 13.3 Å². The molecule has 0 aliphatic heterocycles. The molecule has 4 nitrogen and oxygen atoms in total. The SMILES string of the molecule is CC#CCCNc1cc(N)ncn1. The zero-order valence-electron chi connectivity index (χ0n) is 7.54. The van der Waals surface area contributed by atoms with E-state index in [9.17, 15) is 0 Å². The predicted octanol–water partition coefficient (Wildman–Crippen LogP) is 0.884. The van der Waals surface area contributed by atoms with Crippen LogP contribution in [0, 0.1) is 11.8 Å². The van der Waals surface area contributed by atoms with Crippen molar-refractivity contribution in [2.75, 3.05) is 17.6 Å². The highest BCUT2D eigenvalue weighted by Crippen LogP contribution is 2.03. The maximum atomic E-state index is 5.47. The molecule has 0 spiro atoms. The van der Waals surface area contributed by atoms with Crippen LogP contribution in [0.25, 0.3) is 0 Å². The van der Waals surface area contributed by atoms with Gasteiger partial charge in [-0.25, -0.2) is 9.97 Å². The Morgan fingerprint density at radius 3 is 3.08 bits per heavy atom. The van der Waals surface area contributed by atoms with Crippen molar-refractivity contribution < 1.29 is 0 Å². The highest BCUT2D eigenvalue weighted by atomic mass is 15.0. The summed E-state index contributed by atoms with van der Waals surface area (Å²) in [5.74, 6) is 6.98. The maximum absolute atomic E-state index is 5.47. The Morgan fingerprint density at radius 2 is 2.38 bits per heavy atom. The summed E-state index contributed by atoms with van der Waals surface area (Å²) in [5.41, 5.74) is 5.47. The Hall–Kier alpha value is -1.76. The van der Waals surface area contributed by atoms with Crippen LogP contribution in [0.1, 0.15) is 13.3 Å². The number of nitrogens with one attached hydrogen (secondary N) is 1. The van der Waals surface area contributed by atoms with Crippen LogP contribution in [0.15, 0.2) is 12.4 Å². The second kappa shape index (κ2) is 4.99. The molecule has 68 valence electrons. The third-order valence-corrected chi connectivity index (χ3v) is 1.42. The number of rotatable bonds is 3. The minimum absolute atomic E-state index is 0.471. The molecule has 1 rings (SSSR count). The van der Waals surface area contributed by atoms with Crippen molar-refractivity contribution in [3.05, 3.63) is 12.4 Å². The van der Waals surface area contributed by atoms with Crippen LogP contribution in [0.5, 0.6) is 0 Å². The summed E-state index contributed by atoms with van der Waals surface area (Å²) in [6.07, 6.45) is 2.24. The molecule has 0 fully saturated rings. The normalized spacial score (nSPS) is 8.69. The molecule has 0 saturated carbocycles. The van der Waals surface area contributed by atoms with E-state index in [4.69, 9.17) is 5.73 Å². The average Bonchev–Trinajstić information content (AvgIpc) is 2.13. The van der Waals surface area contributed by atoms with Gasteiger partial charge in [0.15, 0.2) is 0 Å². The van der Waals surface area contributed by atoms with Gasteiger partial charge in [-0.05, 0) is 6.92 Å². The van der Waals surface area contributed by atoms with Gasteiger partial charge in [0.2, 0.25) is 0 Å². The third-order valence-electron chi connectivity index (χ3n) is 1.42. The van der Waals surface area contributed by atoms with Crippen LogP contribution >= 0.6 is 0 Å².